The highest BCUT2D eigenvalue weighted by molar-refractivity contribution is 6.11. The molecule has 0 aromatic rings. The van der Waals surface area contributed by atoms with E-state index in [1.165, 1.54) is 0 Å². The molecule has 0 heterocycles. The number of aliphatic hydroxyl groups is 2. The average Bonchev–Trinajstić information content (AvgIpc) is 2.10. The Kier molecular flexibility index (Phi) is 2.14. The average molecular weight is 126 g/mol. The monoisotopic (exact) mass is 126 g/mol. The van der Waals surface area contributed by atoms with Crippen LogP contribution in [-0.4, -0.2) is 30.8 Å². The Labute approximate surface area is 56.3 Å². The van der Waals surface area contributed by atoms with Crippen LogP contribution in [0, 0.1) is 5.92 Å². The third-order valence-corrected chi connectivity index (χ3v) is 1.93. The predicted octanol–water partition coefficient (Wildman–Crippen LogP) is -0.293. The van der Waals surface area contributed by atoms with Gasteiger partial charge in [0.1, 0.15) is 0 Å². The van der Waals surface area contributed by atoms with E-state index >= 15 is 0 Å². The van der Waals surface area contributed by atoms with Crippen molar-refractivity contribution in [3.05, 3.63) is 0 Å². The van der Waals surface area contributed by atoms with E-state index < -0.39 is 0 Å². The lowest BCUT2D eigenvalue weighted by Crippen LogP contribution is -2.16. The molecular formula is C6H11BO2. The summed E-state index contributed by atoms with van der Waals surface area (Å²) >= 11 is 0. The molecule has 1 saturated carbocycles. The molecular weight excluding hydrogens is 115 g/mol. The van der Waals surface area contributed by atoms with Crippen molar-refractivity contribution in [2.24, 2.45) is 5.92 Å². The SMILES string of the molecule is [B][C@@H]1C[C@H](CO)[C@@H](O)C1. The molecule has 0 spiro atoms. The molecule has 3 atom stereocenters. The van der Waals surface area contributed by atoms with Gasteiger partial charge in [-0.1, -0.05) is 12.2 Å². The van der Waals surface area contributed by atoms with Gasteiger partial charge in [-0.15, -0.1) is 0 Å². The highest BCUT2D eigenvalue weighted by atomic mass is 16.3. The van der Waals surface area contributed by atoms with Crippen molar-refractivity contribution in [1.82, 2.24) is 0 Å². The molecule has 2 nitrogen and oxygen atoms in total. The van der Waals surface area contributed by atoms with E-state index in [0.717, 1.165) is 6.42 Å². The van der Waals surface area contributed by atoms with Crippen molar-refractivity contribution in [2.45, 2.75) is 24.8 Å². The van der Waals surface area contributed by atoms with Crippen LogP contribution in [0.25, 0.3) is 0 Å². The van der Waals surface area contributed by atoms with E-state index in [1.807, 2.05) is 0 Å². The van der Waals surface area contributed by atoms with E-state index in [9.17, 15) is 0 Å². The normalized spacial score (nSPS) is 43.6. The van der Waals surface area contributed by atoms with E-state index in [2.05, 4.69) is 0 Å². The van der Waals surface area contributed by atoms with Gasteiger partial charge in [0.25, 0.3) is 0 Å². The quantitative estimate of drug-likeness (QED) is 0.474. The first kappa shape index (κ1) is 7.10. The first-order valence-electron chi connectivity index (χ1n) is 3.28. The smallest absolute Gasteiger partial charge is 0.0700 e. The number of aliphatic hydroxyl groups excluding tert-OH is 2. The molecule has 0 aromatic carbocycles. The second kappa shape index (κ2) is 2.71. The van der Waals surface area contributed by atoms with Crippen molar-refractivity contribution in [1.29, 1.82) is 0 Å². The van der Waals surface area contributed by atoms with Crippen LogP contribution in [-0.2, 0) is 0 Å². The van der Waals surface area contributed by atoms with Crippen LogP contribution in [0.5, 0.6) is 0 Å². The Morgan fingerprint density at radius 2 is 2.11 bits per heavy atom. The summed E-state index contributed by atoms with van der Waals surface area (Å²) < 4.78 is 0. The molecule has 0 amide bonds. The third-order valence-electron chi connectivity index (χ3n) is 1.93. The Hall–Kier alpha value is -0.0151. The highest BCUT2D eigenvalue weighted by Crippen LogP contribution is 2.32. The summed E-state index contributed by atoms with van der Waals surface area (Å²) in [6, 6.07) is 0. The molecule has 1 rings (SSSR count). The van der Waals surface area contributed by atoms with Crippen LogP contribution in [0.3, 0.4) is 0 Å². The second-order valence-electron chi connectivity index (χ2n) is 2.74. The zero-order chi connectivity index (χ0) is 6.85. The fourth-order valence-electron chi connectivity index (χ4n) is 1.34. The molecule has 0 bridgehead atoms. The van der Waals surface area contributed by atoms with Crippen LogP contribution in [0.15, 0.2) is 0 Å². The van der Waals surface area contributed by atoms with Gasteiger partial charge in [-0.05, 0) is 6.42 Å². The van der Waals surface area contributed by atoms with Gasteiger partial charge in [0.2, 0.25) is 0 Å². The van der Waals surface area contributed by atoms with Gasteiger partial charge in [-0.2, -0.15) is 0 Å². The zero-order valence-electron chi connectivity index (χ0n) is 5.33. The Morgan fingerprint density at radius 1 is 1.44 bits per heavy atom. The summed E-state index contributed by atoms with van der Waals surface area (Å²) in [6.45, 7) is 0.0644. The minimum Gasteiger partial charge on any atom is -0.396 e. The molecule has 0 unspecified atom stereocenters. The van der Waals surface area contributed by atoms with Gasteiger partial charge in [0, 0.05) is 12.5 Å². The maximum Gasteiger partial charge on any atom is 0.0700 e. The standard InChI is InChI=1S/C6H11BO2/c7-5-1-4(3-8)6(9)2-5/h4-6,8-9H,1-3H2/t4-,5-,6+/m1/s1. The summed E-state index contributed by atoms with van der Waals surface area (Å²) in [5.41, 5.74) is 0. The summed E-state index contributed by atoms with van der Waals surface area (Å²) in [7, 11) is 5.52. The van der Waals surface area contributed by atoms with Crippen molar-refractivity contribution < 1.29 is 10.2 Å². The zero-order valence-corrected chi connectivity index (χ0v) is 5.33. The van der Waals surface area contributed by atoms with E-state index in [4.69, 9.17) is 18.1 Å². The van der Waals surface area contributed by atoms with Gasteiger partial charge < -0.3 is 10.2 Å². The van der Waals surface area contributed by atoms with Gasteiger partial charge in [0.05, 0.1) is 14.0 Å². The van der Waals surface area contributed by atoms with Crippen LogP contribution < -0.4 is 0 Å². The Balaban J connectivity index is 2.38. The minimum absolute atomic E-state index is 0.0278. The molecule has 1 aliphatic rings. The summed E-state index contributed by atoms with van der Waals surface area (Å²) in [4.78, 5) is 0. The summed E-state index contributed by atoms with van der Waals surface area (Å²) in [5, 5.41) is 17.8. The largest absolute Gasteiger partial charge is 0.396 e. The number of hydrogen-bond donors (Lipinski definition) is 2. The molecule has 2 N–H and O–H groups in total. The summed E-state index contributed by atoms with van der Waals surface area (Å²) in [5.74, 6) is 0.122. The van der Waals surface area contributed by atoms with Crippen molar-refractivity contribution in [2.75, 3.05) is 6.61 Å². The van der Waals surface area contributed by atoms with E-state index in [1.54, 1.807) is 0 Å². The second-order valence-corrected chi connectivity index (χ2v) is 2.74. The molecule has 0 saturated heterocycles. The van der Waals surface area contributed by atoms with E-state index in [-0.39, 0.29) is 24.4 Å². The van der Waals surface area contributed by atoms with Gasteiger partial charge in [0.15, 0.2) is 0 Å². The summed E-state index contributed by atoms with van der Waals surface area (Å²) in [6.07, 6.45) is 1.04. The van der Waals surface area contributed by atoms with Crippen LogP contribution in [0.2, 0.25) is 5.82 Å². The number of hydrogen-bond acceptors (Lipinski definition) is 2. The minimum atomic E-state index is -0.370. The predicted molar refractivity (Wildman–Crippen MR) is 35.3 cm³/mol. The highest BCUT2D eigenvalue weighted by Gasteiger charge is 2.28. The van der Waals surface area contributed by atoms with Crippen molar-refractivity contribution in [3.63, 3.8) is 0 Å². The van der Waals surface area contributed by atoms with Gasteiger partial charge >= 0.3 is 0 Å². The van der Waals surface area contributed by atoms with Crippen LogP contribution in [0.4, 0.5) is 0 Å². The fraction of sp³-hybridized carbons (Fsp3) is 1.00. The molecule has 3 heteroatoms. The van der Waals surface area contributed by atoms with Crippen LogP contribution in [0.1, 0.15) is 12.8 Å². The molecule has 1 aliphatic carbocycles. The fourth-order valence-corrected chi connectivity index (χ4v) is 1.34. The van der Waals surface area contributed by atoms with Crippen molar-refractivity contribution in [3.8, 4) is 0 Å². The van der Waals surface area contributed by atoms with Crippen molar-refractivity contribution >= 4 is 7.85 Å². The number of rotatable bonds is 1. The maximum absolute atomic E-state index is 9.12. The first-order valence-corrected chi connectivity index (χ1v) is 3.28. The molecule has 2 radical (unpaired) electrons. The Morgan fingerprint density at radius 3 is 2.33 bits per heavy atom. The van der Waals surface area contributed by atoms with E-state index in [0.29, 0.717) is 6.42 Å². The lowest BCUT2D eigenvalue weighted by molar-refractivity contribution is 0.0909. The van der Waals surface area contributed by atoms with Crippen LogP contribution >= 0.6 is 0 Å². The molecule has 50 valence electrons. The van der Waals surface area contributed by atoms with Gasteiger partial charge in [-0.3, -0.25) is 0 Å². The Bertz CT molecular complexity index is 97.1. The lowest BCUT2D eigenvalue weighted by Gasteiger charge is -2.08. The lowest BCUT2D eigenvalue weighted by atomic mass is 9.85. The molecule has 0 aliphatic heterocycles. The molecule has 0 aromatic heterocycles. The first-order chi connectivity index (χ1) is 4.24. The third kappa shape index (κ3) is 1.46. The molecule has 1 fully saturated rings. The topological polar surface area (TPSA) is 40.5 Å². The molecule has 9 heavy (non-hydrogen) atoms. The maximum atomic E-state index is 9.12. The van der Waals surface area contributed by atoms with Gasteiger partial charge in [-0.25, -0.2) is 0 Å².